The predicted octanol–water partition coefficient (Wildman–Crippen LogP) is 4.30. The minimum atomic E-state index is 0.0125. The zero-order valence-corrected chi connectivity index (χ0v) is 17.4. The van der Waals surface area contributed by atoms with Gasteiger partial charge in [-0.3, -0.25) is 17.9 Å². The Hall–Kier alpha value is -2.58. The lowest BCUT2D eigenvalue weighted by atomic mass is 10.3. The molecule has 0 unspecified atom stereocenters. The molecular formula is C20H15BrN2O2S2. The quantitative estimate of drug-likeness (QED) is 0.341. The number of nitrogens with zero attached hydrogens (tertiary/aromatic N) is 1. The van der Waals surface area contributed by atoms with E-state index in [-0.39, 0.29) is 11.1 Å². The van der Waals surface area contributed by atoms with Crippen molar-refractivity contribution in [2.45, 2.75) is 6.54 Å². The van der Waals surface area contributed by atoms with E-state index in [2.05, 4.69) is 32.1 Å². The average molecular weight is 459 g/mol. The molecule has 1 N–H and O–H groups in total. The largest absolute Gasteiger partial charge is 0.277 e. The molecule has 0 saturated heterocycles. The third kappa shape index (κ3) is 5.45. The Balaban J connectivity index is 0.000000166. The van der Waals surface area contributed by atoms with Gasteiger partial charge in [0.25, 0.3) is 11.1 Å². The Morgan fingerprint density at radius 2 is 1.56 bits per heavy atom. The normalized spacial score (nSPS) is 9.44. The second kappa shape index (κ2) is 10.5. The van der Waals surface area contributed by atoms with Crippen LogP contribution in [0.2, 0.25) is 0 Å². The van der Waals surface area contributed by atoms with Crippen molar-refractivity contribution >= 4 is 59.2 Å². The van der Waals surface area contributed by atoms with E-state index < -0.39 is 0 Å². The first kappa shape index (κ1) is 20.7. The maximum atomic E-state index is 11.6. The first-order chi connectivity index (χ1) is 13.1. The van der Waals surface area contributed by atoms with Crippen molar-refractivity contribution in [1.82, 2.24) is 8.33 Å². The van der Waals surface area contributed by atoms with Crippen molar-refractivity contribution in [2.24, 2.45) is 0 Å². The number of H-pyrrole nitrogens is 1. The number of terminal acetylenes is 2. The highest BCUT2D eigenvalue weighted by atomic mass is 79.9. The fourth-order valence-electron chi connectivity index (χ4n) is 2.10. The molecule has 4 rings (SSSR count). The summed E-state index contributed by atoms with van der Waals surface area (Å²) in [6.07, 6.45) is 9.88. The second-order valence-electron chi connectivity index (χ2n) is 5.00. The molecule has 0 bridgehead atoms. The van der Waals surface area contributed by atoms with Crippen LogP contribution in [0.25, 0.3) is 20.2 Å². The SMILES string of the molecule is C#CCBr.C#CCn1sc2ccccc2c1=O.O=c1[nH]sc2ccccc12. The summed E-state index contributed by atoms with van der Waals surface area (Å²) in [4.78, 5) is 22.5. The minimum absolute atomic E-state index is 0.0125. The molecule has 7 heteroatoms. The summed E-state index contributed by atoms with van der Waals surface area (Å²) < 4.78 is 6.26. The molecule has 2 heterocycles. The number of alkyl halides is 1. The topological polar surface area (TPSA) is 54.9 Å². The highest BCUT2D eigenvalue weighted by molar-refractivity contribution is 9.09. The van der Waals surface area contributed by atoms with Crippen molar-refractivity contribution in [3.05, 3.63) is 69.2 Å². The fourth-order valence-corrected chi connectivity index (χ4v) is 3.78. The molecule has 136 valence electrons. The molecule has 27 heavy (non-hydrogen) atoms. The van der Waals surface area contributed by atoms with Gasteiger partial charge < -0.3 is 0 Å². The molecule has 0 amide bonds. The van der Waals surface area contributed by atoms with Crippen molar-refractivity contribution in [3.63, 3.8) is 0 Å². The number of benzene rings is 2. The molecule has 0 fully saturated rings. The van der Waals surface area contributed by atoms with Gasteiger partial charge in [-0.25, -0.2) is 0 Å². The molecule has 0 spiro atoms. The Kier molecular flexibility index (Phi) is 8.09. The molecule has 0 atom stereocenters. The molecule has 2 aromatic heterocycles. The van der Waals surface area contributed by atoms with Gasteiger partial charge >= 0.3 is 0 Å². The highest BCUT2D eigenvalue weighted by Gasteiger charge is 2.04. The molecule has 4 aromatic rings. The number of nitrogens with one attached hydrogen (secondary N) is 1. The number of halogens is 1. The lowest BCUT2D eigenvalue weighted by Crippen LogP contribution is -2.11. The molecule has 2 aromatic carbocycles. The third-order valence-corrected chi connectivity index (χ3v) is 5.51. The summed E-state index contributed by atoms with van der Waals surface area (Å²) in [7, 11) is 0. The van der Waals surface area contributed by atoms with Crippen molar-refractivity contribution < 1.29 is 0 Å². The lowest BCUT2D eigenvalue weighted by Gasteiger charge is -1.87. The van der Waals surface area contributed by atoms with Gasteiger partial charge in [0.05, 0.1) is 32.0 Å². The van der Waals surface area contributed by atoms with E-state index in [0.29, 0.717) is 11.9 Å². The monoisotopic (exact) mass is 458 g/mol. The second-order valence-corrected chi connectivity index (χ2v) is 7.47. The van der Waals surface area contributed by atoms with Gasteiger partial charge in [0.1, 0.15) is 0 Å². The van der Waals surface area contributed by atoms with Crippen LogP contribution in [0.5, 0.6) is 0 Å². The van der Waals surface area contributed by atoms with Gasteiger partial charge in [0.2, 0.25) is 0 Å². The maximum Gasteiger partial charge on any atom is 0.269 e. The first-order valence-corrected chi connectivity index (χ1v) is 10.4. The van der Waals surface area contributed by atoms with E-state index in [1.54, 1.807) is 3.96 Å². The van der Waals surface area contributed by atoms with Gasteiger partial charge in [-0.1, -0.05) is 75.1 Å². The zero-order chi connectivity index (χ0) is 19.6. The molecule has 0 aliphatic heterocycles. The zero-order valence-electron chi connectivity index (χ0n) is 14.1. The smallest absolute Gasteiger partial charge is 0.269 e. The van der Waals surface area contributed by atoms with E-state index in [1.165, 1.54) is 23.1 Å². The number of aromatic amines is 1. The summed E-state index contributed by atoms with van der Waals surface area (Å²) in [5.74, 6) is 4.81. The number of hydrogen-bond donors (Lipinski definition) is 1. The van der Waals surface area contributed by atoms with Gasteiger partial charge in [-0.15, -0.1) is 12.8 Å². The number of aromatic nitrogens is 2. The summed E-state index contributed by atoms with van der Waals surface area (Å²) in [5.41, 5.74) is 0.0270. The lowest BCUT2D eigenvalue weighted by molar-refractivity contribution is 0.906. The molecule has 4 nitrogen and oxygen atoms in total. The number of hydrogen-bond acceptors (Lipinski definition) is 4. The maximum absolute atomic E-state index is 11.6. The van der Waals surface area contributed by atoms with Crippen LogP contribution >= 0.6 is 39.0 Å². The van der Waals surface area contributed by atoms with Gasteiger partial charge in [-0.2, -0.15) is 0 Å². The molecule has 0 saturated carbocycles. The van der Waals surface area contributed by atoms with Gasteiger partial charge in [-0.05, 0) is 24.3 Å². The van der Waals surface area contributed by atoms with Crippen LogP contribution in [-0.4, -0.2) is 13.7 Å². The van der Waals surface area contributed by atoms with Crippen LogP contribution in [0.4, 0.5) is 0 Å². The average Bonchev–Trinajstić information content (AvgIpc) is 3.24. The molecular weight excluding hydrogens is 444 g/mol. The summed E-state index contributed by atoms with van der Waals surface area (Å²) in [6.45, 7) is 0.359. The Labute approximate surface area is 172 Å². The third-order valence-electron chi connectivity index (χ3n) is 3.25. The summed E-state index contributed by atoms with van der Waals surface area (Å²) in [6, 6.07) is 15.1. The summed E-state index contributed by atoms with van der Waals surface area (Å²) in [5, 5.41) is 2.20. The molecule has 0 aliphatic rings. The fraction of sp³-hybridized carbons (Fsp3) is 0.100. The van der Waals surface area contributed by atoms with Crippen LogP contribution < -0.4 is 11.1 Å². The van der Waals surface area contributed by atoms with Crippen LogP contribution in [0.15, 0.2) is 58.1 Å². The van der Waals surface area contributed by atoms with E-state index >= 15 is 0 Å². The van der Waals surface area contributed by atoms with Gasteiger partial charge in [0, 0.05) is 0 Å². The van der Waals surface area contributed by atoms with Crippen molar-refractivity contribution in [1.29, 1.82) is 0 Å². The number of rotatable bonds is 1. The minimum Gasteiger partial charge on any atom is -0.277 e. The summed E-state index contributed by atoms with van der Waals surface area (Å²) >= 11 is 5.80. The molecule has 0 aliphatic carbocycles. The predicted molar refractivity (Wildman–Crippen MR) is 120 cm³/mol. The Morgan fingerprint density at radius 3 is 2.11 bits per heavy atom. The van der Waals surface area contributed by atoms with E-state index in [0.717, 1.165) is 20.2 Å². The van der Waals surface area contributed by atoms with Gasteiger partial charge in [0.15, 0.2) is 0 Å². The van der Waals surface area contributed by atoms with Crippen molar-refractivity contribution in [3.8, 4) is 24.7 Å². The standard InChI is InChI=1S/C10H7NOS.C7H5NOS.C3H3Br/c1-2-7-11-10(12)8-5-3-4-6-9(8)13-11;9-7-5-3-1-2-4-6(5)10-8-7;1-2-3-4/h1,3-6H,7H2;1-4H,(H,8,9);1H,3H2. The van der Waals surface area contributed by atoms with Crippen molar-refractivity contribution in [2.75, 3.05) is 5.33 Å². The highest BCUT2D eigenvalue weighted by Crippen LogP contribution is 2.15. The van der Waals surface area contributed by atoms with Crippen LogP contribution in [0.1, 0.15) is 0 Å². The molecule has 0 radical (unpaired) electrons. The van der Waals surface area contributed by atoms with E-state index in [9.17, 15) is 9.59 Å². The number of fused-ring (bicyclic) bond motifs is 2. The Morgan fingerprint density at radius 1 is 0.963 bits per heavy atom. The van der Waals surface area contributed by atoms with Crippen LogP contribution in [-0.2, 0) is 6.54 Å². The van der Waals surface area contributed by atoms with Crippen LogP contribution in [0, 0.1) is 24.7 Å². The van der Waals surface area contributed by atoms with E-state index in [4.69, 9.17) is 12.8 Å². The van der Waals surface area contributed by atoms with E-state index in [1.807, 2.05) is 48.5 Å². The van der Waals surface area contributed by atoms with Crippen LogP contribution in [0.3, 0.4) is 0 Å². The Bertz CT molecular complexity index is 1220. The first-order valence-electron chi connectivity index (χ1n) is 7.70.